The van der Waals surface area contributed by atoms with Gasteiger partial charge in [-0.1, -0.05) is 56.3 Å². The summed E-state index contributed by atoms with van der Waals surface area (Å²) in [5.41, 5.74) is 0.824. The fraction of sp³-hybridized carbons (Fsp3) is 0.481. The molecular weight excluding hydrogens is 449 g/mol. The predicted molar refractivity (Wildman–Crippen MR) is 132 cm³/mol. The lowest BCUT2D eigenvalue weighted by Gasteiger charge is -2.42. The number of aliphatic hydroxyl groups excluding tert-OH is 1. The van der Waals surface area contributed by atoms with Crippen molar-refractivity contribution in [2.75, 3.05) is 0 Å². The van der Waals surface area contributed by atoms with Crippen molar-refractivity contribution in [3.8, 4) is 0 Å². The maximum Gasteiger partial charge on any atom is 0.408 e. The van der Waals surface area contributed by atoms with E-state index in [0.717, 1.165) is 11.1 Å². The molecule has 0 aromatic heterocycles. The monoisotopic (exact) mass is 485 g/mol. The number of hydrogen-bond donors (Lipinski definition) is 3. The molecule has 3 rings (SSSR count). The lowest BCUT2D eigenvalue weighted by Crippen LogP contribution is -2.61. The Kier molecular flexibility index (Phi) is 8.18. The standard InChI is InChI=1S/C27H36FN3O4/c1-17(2)24-29-22(25(33)30(24)16-19-11-13-20(28)14-12-19)23(32)21(15-18-9-7-6-8-10-18)31(26(34)35)27(3,4)5/h6-14,17,21-24,29,32H,15-16H2,1-5H3,(H,34,35)/t21-,22+,23?,24?/m1/s1. The van der Waals surface area contributed by atoms with E-state index in [0.29, 0.717) is 0 Å². The van der Waals surface area contributed by atoms with Crippen LogP contribution in [0.25, 0.3) is 0 Å². The average molecular weight is 486 g/mol. The van der Waals surface area contributed by atoms with Gasteiger partial charge in [0.15, 0.2) is 0 Å². The Balaban J connectivity index is 1.94. The number of rotatable bonds is 8. The van der Waals surface area contributed by atoms with Gasteiger partial charge < -0.3 is 15.1 Å². The molecule has 35 heavy (non-hydrogen) atoms. The van der Waals surface area contributed by atoms with E-state index in [4.69, 9.17) is 0 Å². The quantitative estimate of drug-likeness (QED) is 0.528. The Hall–Kier alpha value is -2.97. The molecule has 0 bridgehead atoms. The number of aliphatic hydroxyl groups is 1. The molecule has 2 aromatic carbocycles. The lowest BCUT2D eigenvalue weighted by atomic mass is 9.91. The molecule has 7 nitrogen and oxygen atoms in total. The molecule has 0 aliphatic carbocycles. The highest BCUT2D eigenvalue weighted by molar-refractivity contribution is 5.85. The van der Waals surface area contributed by atoms with E-state index >= 15 is 0 Å². The maximum absolute atomic E-state index is 13.6. The van der Waals surface area contributed by atoms with Gasteiger partial charge in [0.1, 0.15) is 11.9 Å². The minimum absolute atomic E-state index is 0.0300. The van der Waals surface area contributed by atoms with Gasteiger partial charge in [-0.2, -0.15) is 0 Å². The first-order valence-corrected chi connectivity index (χ1v) is 12.0. The smallest absolute Gasteiger partial charge is 0.408 e. The summed E-state index contributed by atoms with van der Waals surface area (Å²) < 4.78 is 13.4. The first kappa shape index (κ1) is 26.6. The molecule has 1 aliphatic heterocycles. The third-order valence-corrected chi connectivity index (χ3v) is 6.42. The van der Waals surface area contributed by atoms with Crippen molar-refractivity contribution in [2.45, 2.75) is 77.5 Å². The van der Waals surface area contributed by atoms with Crippen LogP contribution in [0.3, 0.4) is 0 Å². The number of carbonyl (C=O) groups excluding carboxylic acids is 1. The molecule has 0 radical (unpaired) electrons. The molecule has 4 atom stereocenters. The lowest BCUT2D eigenvalue weighted by molar-refractivity contribution is -0.134. The average Bonchev–Trinajstić information content (AvgIpc) is 3.10. The zero-order valence-corrected chi connectivity index (χ0v) is 21.0. The Bertz CT molecular complexity index is 1010. The number of carbonyl (C=O) groups is 2. The van der Waals surface area contributed by atoms with E-state index in [1.807, 2.05) is 44.2 Å². The number of carboxylic acid groups (broad SMARTS) is 1. The third-order valence-electron chi connectivity index (χ3n) is 6.42. The molecule has 2 amide bonds. The van der Waals surface area contributed by atoms with Gasteiger partial charge in [-0.05, 0) is 56.4 Å². The number of benzene rings is 2. The van der Waals surface area contributed by atoms with E-state index in [2.05, 4.69) is 5.32 Å². The third kappa shape index (κ3) is 6.18. The zero-order valence-electron chi connectivity index (χ0n) is 21.0. The second-order valence-electron chi connectivity index (χ2n) is 10.5. The highest BCUT2D eigenvalue weighted by Gasteiger charge is 2.48. The Morgan fingerprint density at radius 2 is 1.69 bits per heavy atom. The van der Waals surface area contributed by atoms with Crippen LogP contribution in [0.15, 0.2) is 54.6 Å². The van der Waals surface area contributed by atoms with Gasteiger partial charge in [0, 0.05) is 12.1 Å². The van der Waals surface area contributed by atoms with E-state index in [-0.39, 0.29) is 36.8 Å². The summed E-state index contributed by atoms with van der Waals surface area (Å²) in [6.07, 6.45) is -2.57. The normalized spacial score (nSPS) is 20.2. The summed E-state index contributed by atoms with van der Waals surface area (Å²) in [6.45, 7) is 9.51. The summed E-state index contributed by atoms with van der Waals surface area (Å²) in [5, 5.41) is 24.9. The van der Waals surface area contributed by atoms with Crippen LogP contribution >= 0.6 is 0 Å². The summed E-state index contributed by atoms with van der Waals surface area (Å²) in [6, 6.07) is 13.5. The minimum Gasteiger partial charge on any atom is -0.465 e. The number of halogens is 1. The van der Waals surface area contributed by atoms with Crippen LogP contribution in [0.5, 0.6) is 0 Å². The molecule has 2 aromatic rings. The highest BCUT2D eigenvalue weighted by atomic mass is 19.1. The first-order chi connectivity index (χ1) is 16.4. The number of hydrogen-bond acceptors (Lipinski definition) is 4. The van der Waals surface area contributed by atoms with Gasteiger partial charge in [0.25, 0.3) is 0 Å². The van der Waals surface area contributed by atoms with Crippen molar-refractivity contribution in [3.05, 3.63) is 71.5 Å². The van der Waals surface area contributed by atoms with Gasteiger partial charge in [0.05, 0.1) is 18.3 Å². The summed E-state index contributed by atoms with van der Waals surface area (Å²) in [5.74, 6) is -0.631. The number of nitrogens with one attached hydrogen (secondary N) is 1. The molecule has 1 saturated heterocycles. The Labute approximate surface area is 206 Å². The first-order valence-electron chi connectivity index (χ1n) is 12.0. The Morgan fingerprint density at radius 1 is 1.09 bits per heavy atom. The molecule has 3 N–H and O–H groups in total. The second kappa shape index (κ2) is 10.7. The largest absolute Gasteiger partial charge is 0.465 e. The number of amides is 2. The fourth-order valence-corrected chi connectivity index (χ4v) is 4.79. The van der Waals surface area contributed by atoms with Crippen molar-refractivity contribution in [1.29, 1.82) is 0 Å². The SMILES string of the molecule is CC(C)C1N[C@@H](C(O)[C@@H](Cc2ccccc2)N(C(=O)O)C(C)(C)C)C(=O)N1Cc1ccc(F)cc1. The molecule has 1 aliphatic rings. The molecule has 8 heteroatoms. The van der Waals surface area contributed by atoms with E-state index < -0.39 is 29.8 Å². The second-order valence-corrected chi connectivity index (χ2v) is 10.5. The summed E-state index contributed by atoms with van der Waals surface area (Å²) in [7, 11) is 0. The fourth-order valence-electron chi connectivity index (χ4n) is 4.79. The van der Waals surface area contributed by atoms with Crippen LogP contribution in [0.2, 0.25) is 0 Å². The molecule has 0 saturated carbocycles. The maximum atomic E-state index is 13.6. The zero-order chi connectivity index (χ0) is 25.9. The van der Waals surface area contributed by atoms with E-state index in [1.54, 1.807) is 37.8 Å². The molecule has 2 unspecified atom stereocenters. The van der Waals surface area contributed by atoms with E-state index in [1.165, 1.54) is 17.0 Å². The summed E-state index contributed by atoms with van der Waals surface area (Å²) in [4.78, 5) is 28.8. The highest BCUT2D eigenvalue weighted by Crippen LogP contribution is 2.28. The topological polar surface area (TPSA) is 93.1 Å². The van der Waals surface area contributed by atoms with Crippen molar-refractivity contribution in [1.82, 2.24) is 15.1 Å². The predicted octanol–water partition coefficient (Wildman–Crippen LogP) is 3.86. The van der Waals surface area contributed by atoms with Crippen LogP contribution in [0.4, 0.5) is 9.18 Å². The molecular formula is C27H36FN3O4. The van der Waals surface area contributed by atoms with Crippen LogP contribution < -0.4 is 5.32 Å². The van der Waals surface area contributed by atoms with Gasteiger partial charge >= 0.3 is 6.09 Å². The molecule has 1 fully saturated rings. The number of nitrogens with zero attached hydrogens (tertiary/aromatic N) is 2. The minimum atomic E-state index is -1.29. The molecule has 190 valence electrons. The van der Waals surface area contributed by atoms with Crippen molar-refractivity contribution in [2.24, 2.45) is 5.92 Å². The van der Waals surface area contributed by atoms with Crippen LogP contribution in [0, 0.1) is 11.7 Å². The summed E-state index contributed by atoms with van der Waals surface area (Å²) >= 11 is 0. The molecule has 1 heterocycles. The molecule has 0 spiro atoms. The van der Waals surface area contributed by atoms with Crippen molar-refractivity contribution < 1.29 is 24.2 Å². The van der Waals surface area contributed by atoms with Crippen LogP contribution in [-0.2, 0) is 17.8 Å². The Morgan fingerprint density at radius 3 is 2.20 bits per heavy atom. The van der Waals surface area contributed by atoms with Gasteiger partial charge in [-0.25, -0.2) is 9.18 Å². The van der Waals surface area contributed by atoms with Crippen LogP contribution in [-0.4, -0.2) is 61.9 Å². The van der Waals surface area contributed by atoms with Gasteiger partial charge in [-0.15, -0.1) is 0 Å². The van der Waals surface area contributed by atoms with Crippen LogP contribution in [0.1, 0.15) is 45.7 Å². The van der Waals surface area contributed by atoms with Crippen molar-refractivity contribution >= 4 is 12.0 Å². The van der Waals surface area contributed by atoms with Gasteiger partial charge in [0.2, 0.25) is 5.91 Å². The van der Waals surface area contributed by atoms with Gasteiger partial charge in [-0.3, -0.25) is 15.0 Å². The van der Waals surface area contributed by atoms with Crippen molar-refractivity contribution in [3.63, 3.8) is 0 Å². The van der Waals surface area contributed by atoms with E-state index in [9.17, 15) is 24.2 Å².